The molecule has 3 nitrogen and oxygen atoms in total. The Balaban J connectivity index is 2.33. The Morgan fingerprint density at radius 3 is 2.64 bits per heavy atom. The summed E-state index contributed by atoms with van der Waals surface area (Å²) in [6.07, 6.45) is 5.24. The van der Waals surface area contributed by atoms with Crippen LogP contribution >= 0.6 is 15.9 Å². The molecule has 0 unspecified atom stereocenters. The SMILES string of the molecule is Cn1c(C2CCCC2)nc(Br)c1CN. The number of imidazole rings is 1. The molecule has 0 bridgehead atoms. The number of hydrogen-bond acceptors (Lipinski definition) is 2. The van der Waals surface area contributed by atoms with Crippen LogP contribution in [0.2, 0.25) is 0 Å². The Morgan fingerprint density at radius 2 is 2.14 bits per heavy atom. The van der Waals surface area contributed by atoms with Gasteiger partial charge in [0.05, 0.1) is 5.69 Å². The molecular weight excluding hydrogens is 242 g/mol. The largest absolute Gasteiger partial charge is 0.333 e. The van der Waals surface area contributed by atoms with E-state index in [0.717, 1.165) is 10.3 Å². The molecule has 0 saturated heterocycles. The molecule has 1 aliphatic carbocycles. The number of rotatable bonds is 2. The van der Waals surface area contributed by atoms with Crippen molar-refractivity contribution in [2.75, 3.05) is 0 Å². The molecule has 1 fully saturated rings. The third-order valence-corrected chi connectivity index (χ3v) is 3.75. The molecule has 0 spiro atoms. The molecule has 78 valence electrons. The van der Waals surface area contributed by atoms with Gasteiger partial charge in [-0.2, -0.15) is 0 Å². The molecule has 1 aromatic rings. The zero-order chi connectivity index (χ0) is 10.1. The lowest BCUT2D eigenvalue weighted by Gasteiger charge is -2.09. The molecule has 0 atom stereocenters. The fourth-order valence-corrected chi connectivity index (χ4v) is 2.90. The lowest BCUT2D eigenvalue weighted by atomic mass is 10.1. The Kier molecular flexibility index (Phi) is 2.93. The Hall–Kier alpha value is -0.350. The lowest BCUT2D eigenvalue weighted by molar-refractivity contribution is 0.622. The Labute approximate surface area is 92.8 Å². The summed E-state index contributed by atoms with van der Waals surface area (Å²) in [5.74, 6) is 1.85. The van der Waals surface area contributed by atoms with E-state index in [1.165, 1.54) is 31.5 Å². The molecular formula is C10H16BrN3. The number of nitrogens with two attached hydrogens (primary N) is 1. The lowest BCUT2D eigenvalue weighted by Crippen LogP contribution is -2.08. The van der Waals surface area contributed by atoms with Crippen molar-refractivity contribution in [1.29, 1.82) is 0 Å². The summed E-state index contributed by atoms with van der Waals surface area (Å²) >= 11 is 3.46. The first-order chi connectivity index (χ1) is 6.74. The number of nitrogens with zero attached hydrogens (tertiary/aromatic N) is 2. The van der Waals surface area contributed by atoms with Crippen molar-refractivity contribution >= 4 is 15.9 Å². The first-order valence-corrected chi connectivity index (χ1v) is 5.94. The van der Waals surface area contributed by atoms with E-state index in [1.807, 2.05) is 0 Å². The molecule has 0 amide bonds. The maximum absolute atomic E-state index is 5.67. The quantitative estimate of drug-likeness (QED) is 0.884. The van der Waals surface area contributed by atoms with E-state index in [2.05, 4.69) is 32.5 Å². The van der Waals surface area contributed by atoms with Gasteiger partial charge in [0, 0.05) is 19.5 Å². The van der Waals surface area contributed by atoms with Crippen molar-refractivity contribution < 1.29 is 0 Å². The second-order valence-electron chi connectivity index (χ2n) is 3.95. The van der Waals surface area contributed by atoms with Crippen LogP contribution in [0.3, 0.4) is 0 Å². The van der Waals surface area contributed by atoms with Crippen LogP contribution < -0.4 is 5.73 Å². The van der Waals surface area contributed by atoms with Crippen molar-refractivity contribution in [2.24, 2.45) is 12.8 Å². The van der Waals surface area contributed by atoms with Crippen molar-refractivity contribution in [2.45, 2.75) is 38.1 Å². The highest BCUT2D eigenvalue weighted by molar-refractivity contribution is 9.10. The van der Waals surface area contributed by atoms with Gasteiger partial charge in [0.15, 0.2) is 0 Å². The van der Waals surface area contributed by atoms with Crippen LogP contribution in [-0.2, 0) is 13.6 Å². The van der Waals surface area contributed by atoms with Crippen LogP contribution in [0, 0.1) is 0 Å². The van der Waals surface area contributed by atoms with Crippen molar-refractivity contribution in [3.63, 3.8) is 0 Å². The van der Waals surface area contributed by atoms with Crippen LogP contribution in [0.1, 0.15) is 43.1 Å². The summed E-state index contributed by atoms with van der Waals surface area (Å²) in [6, 6.07) is 0. The topological polar surface area (TPSA) is 43.8 Å². The molecule has 1 aromatic heterocycles. The van der Waals surface area contributed by atoms with E-state index in [4.69, 9.17) is 5.73 Å². The first-order valence-electron chi connectivity index (χ1n) is 5.15. The molecule has 0 aromatic carbocycles. The molecule has 1 heterocycles. The minimum absolute atomic E-state index is 0.552. The van der Waals surface area contributed by atoms with E-state index in [9.17, 15) is 0 Å². The predicted molar refractivity (Wildman–Crippen MR) is 60.0 cm³/mol. The van der Waals surface area contributed by atoms with Gasteiger partial charge < -0.3 is 10.3 Å². The average molecular weight is 258 g/mol. The van der Waals surface area contributed by atoms with Gasteiger partial charge in [0.2, 0.25) is 0 Å². The van der Waals surface area contributed by atoms with Gasteiger partial charge in [0.25, 0.3) is 0 Å². The molecule has 0 aliphatic heterocycles. The van der Waals surface area contributed by atoms with Crippen LogP contribution in [-0.4, -0.2) is 9.55 Å². The summed E-state index contributed by atoms with van der Waals surface area (Å²) in [7, 11) is 2.06. The molecule has 2 N–H and O–H groups in total. The summed E-state index contributed by atoms with van der Waals surface area (Å²) in [5.41, 5.74) is 6.78. The third kappa shape index (κ3) is 1.61. The third-order valence-electron chi connectivity index (χ3n) is 3.11. The molecule has 2 rings (SSSR count). The van der Waals surface area contributed by atoms with Crippen LogP contribution in [0.25, 0.3) is 0 Å². The van der Waals surface area contributed by atoms with E-state index in [1.54, 1.807) is 0 Å². The smallest absolute Gasteiger partial charge is 0.128 e. The van der Waals surface area contributed by atoms with Crippen molar-refractivity contribution in [3.05, 3.63) is 16.1 Å². The first kappa shape index (κ1) is 10.2. The second kappa shape index (κ2) is 4.03. The van der Waals surface area contributed by atoms with E-state index >= 15 is 0 Å². The highest BCUT2D eigenvalue weighted by atomic mass is 79.9. The fourth-order valence-electron chi connectivity index (χ4n) is 2.29. The van der Waals surface area contributed by atoms with Crippen molar-refractivity contribution in [1.82, 2.24) is 9.55 Å². The minimum Gasteiger partial charge on any atom is -0.333 e. The maximum Gasteiger partial charge on any atom is 0.128 e. The summed E-state index contributed by atoms with van der Waals surface area (Å²) in [6.45, 7) is 0.552. The summed E-state index contributed by atoms with van der Waals surface area (Å²) in [5, 5.41) is 0. The predicted octanol–water partition coefficient (Wildman–Crippen LogP) is 2.30. The average Bonchev–Trinajstić information content (AvgIpc) is 2.74. The van der Waals surface area contributed by atoms with Gasteiger partial charge in [-0.3, -0.25) is 0 Å². The number of hydrogen-bond donors (Lipinski definition) is 1. The standard InChI is InChI=1S/C10H16BrN3/c1-14-8(6-12)9(11)13-10(14)7-4-2-3-5-7/h7H,2-6,12H2,1H3. The molecule has 14 heavy (non-hydrogen) atoms. The fraction of sp³-hybridized carbons (Fsp3) is 0.700. The number of halogens is 1. The highest BCUT2D eigenvalue weighted by Crippen LogP contribution is 2.34. The van der Waals surface area contributed by atoms with E-state index in [-0.39, 0.29) is 0 Å². The normalized spacial score (nSPS) is 17.9. The summed E-state index contributed by atoms with van der Waals surface area (Å²) < 4.78 is 3.07. The highest BCUT2D eigenvalue weighted by Gasteiger charge is 2.23. The van der Waals surface area contributed by atoms with Gasteiger partial charge in [0.1, 0.15) is 10.4 Å². The second-order valence-corrected chi connectivity index (χ2v) is 4.70. The van der Waals surface area contributed by atoms with Crippen LogP contribution in [0.4, 0.5) is 0 Å². The monoisotopic (exact) mass is 257 g/mol. The summed E-state index contributed by atoms with van der Waals surface area (Å²) in [4.78, 5) is 4.56. The minimum atomic E-state index is 0.552. The van der Waals surface area contributed by atoms with Gasteiger partial charge in [-0.05, 0) is 28.8 Å². The zero-order valence-corrected chi connectivity index (χ0v) is 10.0. The van der Waals surface area contributed by atoms with Crippen molar-refractivity contribution in [3.8, 4) is 0 Å². The molecule has 1 saturated carbocycles. The number of aromatic nitrogens is 2. The van der Waals surface area contributed by atoms with Gasteiger partial charge in [-0.25, -0.2) is 4.98 Å². The van der Waals surface area contributed by atoms with E-state index in [0.29, 0.717) is 12.5 Å². The maximum atomic E-state index is 5.67. The van der Waals surface area contributed by atoms with Crippen LogP contribution in [0.15, 0.2) is 4.60 Å². The zero-order valence-electron chi connectivity index (χ0n) is 8.46. The Morgan fingerprint density at radius 1 is 1.50 bits per heavy atom. The van der Waals surface area contributed by atoms with Gasteiger partial charge in [-0.15, -0.1) is 0 Å². The molecule has 0 radical (unpaired) electrons. The van der Waals surface area contributed by atoms with Gasteiger partial charge in [-0.1, -0.05) is 12.8 Å². The van der Waals surface area contributed by atoms with Gasteiger partial charge >= 0.3 is 0 Å². The van der Waals surface area contributed by atoms with Crippen LogP contribution in [0.5, 0.6) is 0 Å². The molecule has 1 aliphatic rings. The van der Waals surface area contributed by atoms with E-state index < -0.39 is 0 Å². The molecule has 4 heteroatoms. The Bertz CT molecular complexity index is 326.